The van der Waals surface area contributed by atoms with Gasteiger partial charge in [0.25, 0.3) is 0 Å². The summed E-state index contributed by atoms with van der Waals surface area (Å²) in [6, 6.07) is 12.9. The van der Waals surface area contributed by atoms with Crippen LogP contribution in [-0.2, 0) is 0 Å². The second-order valence-electron chi connectivity index (χ2n) is 11.4. The Labute approximate surface area is 258 Å². The van der Waals surface area contributed by atoms with Gasteiger partial charge in [-0.3, -0.25) is 0 Å². The van der Waals surface area contributed by atoms with Crippen LogP contribution in [0, 0.1) is 26.7 Å². The van der Waals surface area contributed by atoms with Crippen LogP contribution in [0.2, 0.25) is 0 Å². The van der Waals surface area contributed by atoms with Crippen LogP contribution >= 0.6 is 0 Å². The second kappa shape index (κ2) is 12.4. The van der Waals surface area contributed by atoms with Crippen molar-refractivity contribution in [1.82, 2.24) is 0 Å². The maximum atomic E-state index is 5.96. The van der Waals surface area contributed by atoms with Crippen LogP contribution < -0.4 is 44.0 Å². The molecular weight excluding hydrogens is 556 g/mol. The van der Waals surface area contributed by atoms with Crippen LogP contribution in [0.15, 0.2) is 58.3 Å². The molecule has 0 amide bonds. The molecule has 0 heterocycles. The lowest BCUT2D eigenvalue weighted by atomic mass is 10.1. The largest absolute Gasteiger partial charge is 0.493 e. The van der Waals surface area contributed by atoms with Gasteiger partial charge in [0.05, 0.1) is 42.7 Å². The summed E-state index contributed by atoms with van der Waals surface area (Å²) in [5, 5.41) is 5.10. The van der Waals surface area contributed by atoms with Crippen LogP contribution in [0.4, 0.5) is 0 Å². The Morgan fingerprint density at radius 1 is 0.442 bits per heavy atom. The molecule has 0 fully saturated rings. The van der Waals surface area contributed by atoms with Crippen molar-refractivity contribution in [2.75, 3.05) is 42.7 Å². The van der Waals surface area contributed by atoms with Crippen LogP contribution in [0.5, 0.6) is 34.5 Å². The highest BCUT2D eigenvalue weighted by atomic mass is 28.3. The summed E-state index contributed by atoms with van der Waals surface area (Å²) in [5.74, 6) is 4.41. The molecule has 3 aromatic carbocycles. The third-order valence-electron chi connectivity index (χ3n) is 9.45. The van der Waals surface area contributed by atoms with Gasteiger partial charge in [-0.2, -0.15) is 0 Å². The number of benzene rings is 3. The first-order valence-electron chi connectivity index (χ1n) is 14.5. The van der Waals surface area contributed by atoms with E-state index in [0.29, 0.717) is 34.5 Å². The first-order valence-corrected chi connectivity index (χ1v) is 16.5. The zero-order chi connectivity index (χ0) is 31.8. The number of aryl methyl sites for hydroxylation is 3. The molecule has 0 radical (unpaired) electrons. The summed E-state index contributed by atoms with van der Waals surface area (Å²) in [6.45, 7) is 15.7. The van der Waals surface area contributed by atoms with E-state index in [2.05, 4.69) is 84.9 Å². The van der Waals surface area contributed by atoms with Crippen molar-refractivity contribution in [3.05, 3.63) is 75.0 Å². The molecule has 43 heavy (non-hydrogen) atoms. The lowest BCUT2D eigenvalue weighted by molar-refractivity contribution is 0.355. The van der Waals surface area contributed by atoms with Crippen LogP contribution in [0.1, 0.15) is 44.4 Å². The van der Waals surface area contributed by atoms with E-state index in [-0.39, 0.29) is 5.92 Å². The summed E-state index contributed by atoms with van der Waals surface area (Å²) in [6.07, 6.45) is 0. The van der Waals surface area contributed by atoms with Gasteiger partial charge in [-0.15, -0.1) is 0 Å². The van der Waals surface area contributed by atoms with E-state index in [4.69, 9.17) is 28.4 Å². The molecule has 0 saturated heterocycles. The average Bonchev–Trinajstić information content (AvgIpc) is 3.20. The molecule has 6 nitrogen and oxygen atoms in total. The van der Waals surface area contributed by atoms with Gasteiger partial charge in [-0.1, -0.05) is 23.3 Å². The molecule has 0 spiro atoms. The molecule has 4 rings (SSSR count). The fraction of sp³-hybridized carbons (Fsp3) is 0.389. The predicted molar refractivity (Wildman–Crippen MR) is 178 cm³/mol. The molecule has 1 aliphatic carbocycles. The first-order chi connectivity index (χ1) is 20.5. The van der Waals surface area contributed by atoms with E-state index >= 15 is 0 Å². The highest BCUT2D eigenvalue weighted by Gasteiger charge is 2.51. The van der Waals surface area contributed by atoms with E-state index in [0.717, 1.165) is 16.7 Å². The molecule has 0 aliphatic heterocycles. The van der Waals surface area contributed by atoms with Crippen molar-refractivity contribution in [1.29, 1.82) is 0 Å². The number of ether oxygens (including phenoxy) is 6. The number of allylic oxidation sites excluding steroid dienone is 4. The lowest BCUT2D eigenvalue weighted by Crippen LogP contribution is -2.71. The maximum Gasteiger partial charge on any atom is 0.177 e. The van der Waals surface area contributed by atoms with Gasteiger partial charge in [-0.25, -0.2) is 0 Å². The number of rotatable bonds is 10. The number of methoxy groups -OCH3 is 6. The first kappa shape index (κ1) is 32.1. The van der Waals surface area contributed by atoms with E-state index in [1.165, 1.54) is 37.5 Å². The van der Waals surface area contributed by atoms with Crippen molar-refractivity contribution in [3.8, 4) is 34.5 Å². The van der Waals surface area contributed by atoms with Gasteiger partial charge in [0.2, 0.25) is 0 Å². The zero-order valence-electron chi connectivity index (χ0n) is 28.0. The molecule has 0 N–H and O–H groups in total. The van der Waals surface area contributed by atoms with Gasteiger partial charge < -0.3 is 28.4 Å². The smallest absolute Gasteiger partial charge is 0.177 e. The van der Waals surface area contributed by atoms with E-state index in [1.807, 2.05) is 0 Å². The molecule has 3 aromatic rings. The molecule has 1 unspecified atom stereocenters. The van der Waals surface area contributed by atoms with Crippen molar-refractivity contribution in [2.45, 2.75) is 48.5 Å². The van der Waals surface area contributed by atoms with Crippen LogP contribution in [0.3, 0.4) is 0 Å². The van der Waals surface area contributed by atoms with E-state index < -0.39 is 8.07 Å². The quantitative estimate of drug-likeness (QED) is 0.210. The normalized spacial score (nSPS) is 15.1. The summed E-state index contributed by atoms with van der Waals surface area (Å²) in [4.78, 5) is 0. The Balaban J connectivity index is 2.39. The topological polar surface area (TPSA) is 55.4 Å². The Hall–Kier alpha value is -3.84. The second-order valence-corrected chi connectivity index (χ2v) is 15.0. The van der Waals surface area contributed by atoms with Gasteiger partial charge in [-0.05, 0) is 122 Å². The molecule has 7 heteroatoms. The minimum atomic E-state index is -3.15. The zero-order valence-corrected chi connectivity index (χ0v) is 29.0. The monoisotopic (exact) mass is 602 g/mol. The van der Waals surface area contributed by atoms with E-state index in [1.54, 1.807) is 42.7 Å². The minimum Gasteiger partial charge on any atom is -0.493 e. The minimum absolute atomic E-state index is 0.208. The summed E-state index contributed by atoms with van der Waals surface area (Å²) in [5.41, 5.74) is 7.44. The number of hydrogen-bond acceptors (Lipinski definition) is 6. The molecule has 230 valence electrons. The lowest BCUT2D eigenvalue weighted by Gasteiger charge is -2.41. The van der Waals surface area contributed by atoms with Crippen LogP contribution in [-0.4, -0.2) is 50.7 Å². The summed E-state index contributed by atoms with van der Waals surface area (Å²) in [7, 11) is 6.98. The number of hydrogen-bond donors (Lipinski definition) is 0. The molecular formula is C36H46O6Si. The third kappa shape index (κ3) is 4.97. The Morgan fingerprint density at radius 3 is 0.953 bits per heavy atom. The third-order valence-corrected chi connectivity index (χ3v) is 15.1. The fourth-order valence-corrected chi connectivity index (χ4v) is 13.4. The van der Waals surface area contributed by atoms with E-state index in [9.17, 15) is 0 Å². The Morgan fingerprint density at radius 2 is 0.721 bits per heavy atom. The standard InChI is InChI=1S/C36H46O6Si/c1-20-14-27(37-8)30(40-11)17-33(20)43(36-25(6)23(4)24(5)26(36)7,34-18-31(41-12)28(38-9)15-21(34)2)35-19-32(42-13)29(39-10)16-22(35)3/h14-19,25H,1-13H3. The van der Waals surface area contributed by atoms with Gasteiger partial charge in [0, 0.05) is 0 Å². The highest BCUT2D eigenvalue weighted by Crippen LogP contribution is 2.44. The maximum absolute atomic E-state index is 5.96. The van der Waals surface area contributed by atoms with Crippen molar-refractivity contribution in [2.24, 2.45) is 5.92 Å². The molecule has 1 aliphatic rings. The molecule has 0 bridgehead atoms. The van der Waals surface area contributed by atoms with Crippen molar-refractivity contribution >= 4 is 23.6 Å². The van der Waals surface area contributed by atoms with Crippen molar-refractivity contribution in [3.63, 3.8) is 0 Å². The Kier molecular flexibility index (Phi) is 9.26. The van der Waals surface area contributed by atoms with Gasteiger partial charge in [0.1, 0.15) is 0 Å². The predicted octanol–water partition coefficient (Wildman–Crippen LogP) is 5.98. The Bertz CT molecular complexity index is 1470. The molecule has 0 aromatic heterocycles. The summed E-state index contributed by atoms with van der Waals surface area (Å²) < 4.78 is 35.2. The summed E-state index contributed by atoms with van der Waals surface area (Å²) >= 11 is 0. The fourth-order valence-electron chi connectivity index (χ4n) is 6.99. The van der Waals surface area contributed by atoms with Gasteiger partial charge in [0.15, 0.2) is 42.6 Å². The average molecular weight is 603 g/mol. The SMILES string of the molecule is COc1cc(C)c([Si](C2=C(C)C(C)=C(C)C2C)(c2cc(OC)c(OC)cc2C)c2cc(OC)c(OC)cc2C)cc1OC. The molecule has 1 atom stereocenters. The van der Waals surface area contributed by atoms with Crippen molar-refractivity contribution < 1.29 is 28.4 Å². The highest BCUT2D eigenvalue weighted by molar-refractivity contribution is 7.17. The van der Waals surface area contributed by atoms with Gasteiger partial charge >= 0.3 is 0 Å². The van der Waals surface area contributed by atoms with Crippen LogP contribution in [0.25, 0.3) is 0 Å². The molecule has 0 saturated carbocycles.